The zero-order valence-electron chi connectivity index (χ0n) is 41.8. The van der Waals surface area contributed by atoms with Crippen molar-refractivity contribution >= 4 is 49.6 Å². The Balaban J connectivity index is 1.02. The number of hydrogen-bond acceptors (Lipinski definition) is 1. The molecule has 1 saturated carbocycles. The Labute approximate surface area is 434 Å². The Morgan fingerprint density at radius 2 is 0.986 bits per heavy atom. The molecule has 0 N–H and O–H groups in total. The molecule has 11 aromatic carbocycles. The maximum absolute atomic E-state index is 2.57. The van der Waals surface area contributed by atoms with Gasteiger partial charge in [0, 0.05) is 38.7 Å². The quantitative estimate of drug-likeness (QED) is 0.140. The number of aromatic nitrogens is 1. The Kier molecular flexibility index (Phi) is 10.8. The van der Waals surface area contributed by atoms with E-state index in [4.69, 9.17) is 0 Å². The van der Waals surface area contributed by atoms with Gasteiger partial charge in [-0.1, -0.05) is 226 Å². The zero-order chi connectivity index (χ0) is 49.2. The lowest BCUT2D eigenvalue weighted by molar-refractivity contribution is 0.445. The molecule has 1 fully saturated rings. The smallest absolute Gasteiger partial charge is 0.0547 e. The van der Waals surface area contributed by atoms with Crippen LogP contribution in [0.25, 0.3) is 82.8 Å². The number of para-hydroxylation sites is 4. The summed E-state index contributed by atoms with van der Waals surface area (Å²) in [6.45, 7) is 2.42. The number of rotatable bonds is 9. The summed E-state index contributed by atoms with van der Waals surface area (Å²) in [5, 5.41) is 5.18. The molecule has 1 heterocycles. The van der Waals surface area contributed by atoms with E-state index in [0.717, 1.165) is 22.7 Å². The third-order valence-electron chi connectivity index (χ3n) is 16.7. The Morgan fingerprint density at radius 1 is 0.419 bits per heavy atom. The third-order valence-corrected chi connectivity index (χ3v) is 16.7. The van der Waals surface area contributed by atoms with Crippen LogP contribution in [-0.2, 0) is 5.41 Å². The maximum Gasteiger partial charge on any atom is 0.0547 e. The average Bonchev–Trinajstić information content (AvgIpc) is 4.01. The van der Waals surface area contributed by atoms with Gasteiger partial charge in [-0.25, -0.2) is 0 Å². The highest BCUT2D eigenvalue weighted by Crippen LogP contribution is 2.57. The fourth-order valence-corrected chi connectivity index (χ4v) is 13.3. The first-order valence-electron chi connectivity index (χ1n) is 26.6. The predicted molar refractivity (Wildman–Crippen MR) is 313 cm³/mol. The molecule has 0 bridgehead atoms. The van der Waals surface area contributed by atoms with Crippen molar-refractivity contribution < 1.29 is 0 Å². The molecular weight excluding hydrogens is 893 g/mol. The van der Waals surface area contributed by atoms with Crippen LogP contribution in [0.3, 0.4) is 0 Å². The summed E-state index contributed by atoms with van der Waals surface area (Å²) < 4.78 is 2.42. The molecule has 0 spiro atoms. The van der Waals surface area contributed by atoms with Crippen LogP contribution in [0.2, 0.25) is 0 Å². The largest absolute Gasteiger partial charge is 0.309 e. The standard InChI is InChI=1S/C72H56N2/c1-72(52-29-7-3-8-30-52)63-42-15-11-36-61(63)70-60(41-22-43-64(70)72)58-35-13-17-45-66(58)74(65-44-16-12-34-57(65)59-40-21-27-50-26-20-38-55(69(50)59)49-24-5-2-6-25-49)54-33-19-28-51(48-54)56-39-23-47-68-71(56)62-37-14-18-46-67(62)73(68)53-31-9-4-10-32-53/h3-4,7-23,26-49H,2,5-6,24-25H2,1H3. The summed E-state index contributed by atoms with van der Waals surface area (Å²) >= 11 is 0. The average molecular weight is 949 g/mol. The monoisotopic (exact) mass is 948 g/mol. The van der Waals surface area contributed by atoms with E-state index in [9.17, 15) is 0 Å². The van der Waals surface area contributed by atoms with Gasteiger partial charge in [0.15, 0.2) is 0 Å². The van der Waals surface area contributed by atoms with Crippen LogP contribution in [0.4, 0.5) is 17.1 Å². The topological polar surface area (TPSA) is 8.17 Å². The van der Waals surface area contributed by atoms with Gasteiger partial charge >= 0.3 is 0 Å². The summed E-state index contributed by atoms with van der Waals surface area (Å²) in [7, 11) is 0. The number of benzene rings is 11. The summed E-state index contributed by atoms with van der Waals surface area (Å²) in [6, 6.07) is 95.3. The fraction of sp³-hybridized carbons (Fsp3) is 0.111. The highest BCUT2D eigenvalue weighted by Gasteiger charge is 2.42. The highest BCUT2D eigenvalue weighted by atomic mass is 15.1. The second kappa shape index (κ2) is 18.1. The van der Waals surface area contributed by atoms with Gasteiger partial charge in [0.25, 0.3) is 0 Å². The lowest BCUT2D eigenvalue weighted by Gasteiger charge is -2.31. The molecule has 14 rings (SSSR count). The van der Waals surface area contributed by atoms with Gasteiger partial charge in [-0.05, 0) is 141 Å². The van der Waals surface area contributed by atoms with Crippen molar-refractivity contribution in [2.45, 2.75) is 50.4 Å². The minimum atomic E-state index is -0.326. The van der Waals surface area contributed by atoms with Crippen LogP contribution in [0, 0.1) is 0 Å². The molecule has 2 aliphatic carbocycles. The third kappa shape index (κ3) is 7.00. The van der Waals surface area contributed by atoms with Gasteiger partial charge in [-0.2, -0.15) is 0 Å². The van der Waals surface area contributed by atoms with Gasteiger partial charge in [-0.3, -0.25) is 0 Å². The van der Waals surface area contributed by atoms with E-state index in [-0.39, 0.29) is 5.41 Å². The van der Waals surface area contributed by atoms with Gasteiger partial charge < -0.3 is 9.47 Å². The first-order valence-corrected chi connectivity index (χ1v) is 26.6. The zero-order valence-corrected chi connectivity index (χ0v) is 41.8. The molecule has 0 radical (unpaired) electrons. The molecule has 12 aromatic rings. The molecule has 1 unspecified atom stereocenters. The lowest BCUT2D eigenvalue weighted by atomic mass is 9.74. The van der Waals surface area contributed by atoms with Crippen LogP contribution >= 0.6 is 0 Å². The Morgan fingerprint density at radius 3 is 1.78 bits per heavy atom. The first kappa shape index (κ1) is 44.0. The van der Waals surface area contributed by atoms with Gasteiger partial charge in [0.2, 0.25) is 0 Å². The van der Waals surface area contributed by atoms with E-state index in [1.165, 1.54) is 131 Å². The fourth-order valence-electron chi connectivity index (χ4n) is 13.3. The van der Waals surface area contributed by atoms with Crippen LogP contribution in [0.15, 0.2) is 255 Å². The number of fused-ring (bicyclic) bond motifs is 7. The molecule has 0 saturated heterocycles. The van der Waals surface area contributed by atoms with Crippen LogP contribution in [0.1, 0.15) is 67.2 Å². The second-order valence-corrected chi connectivity index (χ2v) is 20.7. The van der Waals surface area contributed by atoms with Crippen molar-refractivity contribution in [3.8, 4) is 50.2 Å². The molecular formula is C72H56N2. The predicted octanol–water partition coefficient (Wildman–Crippen LogP) is 19.8. The molecule has 0 amide bonds. The van der Waals surface area contributed by atoms with E-state index in [2.05, 4.69) is 271 Å². The SMILES string of the molecule is CC1(c2ccccc2)c2ccccc2-c2c(-c3ccccc3N(c3cccc(-c4cccc5c4c4ccccc4n5-c4ccccc4)c3)c3ccccc3-c3cccc4cccc(C5CCCCC5)c34)cccc21. The first-order chi connectivity index (χ1) is 36.6. The Hall–Kier alpha value is -8.72. The molecule has 2 heteroatoms. The van der Waals surface area contributed by atoms with E-state index in [1.807, 2.05) is 0 Å². The van der Waals surface area contributed by atoms with E-state index in [0.29, 0.717) is 5.92 Å². The van der Waals surface area contributed by atoms with Crippen LogP contribution < -0.4 is 4.90 Å². The number of hydrogen-bond donors (Lipinski definition) is 0. The summed E-state index contributed by atoms with van der Waals surface area (Å²) in [5.41, 5.74) is 21.9. The maximum atomic E-state index is 2.57. The summed E-state index contributed by atoms with van der Waals surface area (Å²) in [5.74, 6) is 0.550. The van der Waals surface area contributed by atoms with E-state index in [1.54, 1.807) is 0 Å². The summed E-state index contributed by atoms with van der Waals surface area (Å²) in [6.07, 6.45) is 6.40. The van der Waals surface area contributed by atoms with Gasteiger partial charge in [0.05, 0.1) is 22.4 Å². The van der Waals surface area contributed by atoms with Gasteiger partial charge in [0.1, 0.15) is 0 Å². The molecule has 74 heavy (non-hydrogen) atoms. The molecule has 0 aliphatic heterocycles. The van der Waals surface area contributed by atoms with E-state index < -0.39 is 0 Å². The normalized spacial score (nSPS) is 15.4. The molecule has 2 aliphatic rings. The minimum absolute atomic E-state index is 0.326. The highest BCUT2D eigenvalue weighted by molar-refractivity contribution is 6.16. The minimum Gasteiger partial charge on any atom is -0.309 e. The van der Waals surface area contributed by atoms with Crippen molar-refractivity contribution in [1.29, 1.82) is 0 Å². The second-order valence-electron chi connectivity index (χ2n) is 20.7. The van der Waals surface area contributed by atoms with Crippen LogP contribution in [-0.4, -0.2) is 4.57 Å². The van der Waals surface area contributed by atoms with Crippen molar-refractivity contribution in [1.82, 2.24) is 4.57 Å². The van der Waals surface area contributed by atoms with Crippen molar-refractivity contribution in [2.24, 2.45) is 0 Å². The molecule has 2 nitrogen and oxygen atoms in total. The molecule has 1 atom stereocenters. The van der Waals surface area contributed by atoms with Crippen molar-refractivity contribution in [2.75, 3.05) is 4.90 Å². The molecule has 1 aromatic heterocycles. The summed E-state index contributed by atoms with van der Waals surface area (Å²) in [4.78, 5) is 2.57. The van der Waals surface area contributed by atoms with Crippen molar-refractivity contribution in [3.05, 3.63) is 277 Å². The van der Waals surface area contributed by atoms with Crippen LogP contribution in [0.5, 0.6) is 0 Å². The molecule has 354 valence electrons. The van der Waals surface area contributed by atoms with Gasteiger partial charge in [-0.15, -0.1) is 0 Å². The number of anilines is 3. The van der Waals surface area contributed by atoms with E-state index >= 15 is 0 Å². The van der Waals surface area contributed by atoms with Crippen molar-refractivity contribution in [3.63, 3.8) is 0 Å². The Bertz CT molecular complexity index is 4080. The lowest BCUT2D eigenvalue weighted by Crippen LogP contribution is -2.22. The number of nitrogens with zero attached hydrogens (tertiary/aromatic N) is 2.